The van der Waals surface area contributed by atoms with Crippen LogP contribution >= 0.6 is 0 Å². The lowest BCUT2D eigenvalue weighted by Gasteiger charge is -2.09. The quantitative estimate of drug-likeness (QED) is 0.0753. The van der Waals surface area contributed by atoms with E-state index in [1.807, 2.05) is 0 Å². The lowest BCUT2D eigenvalue weighted by molar-refractivity contribution is -0.384. The molecule has 0 aliphatic rings. The fourth-order valence-electron chi connectivity index (χ4n) is 3.02. The molecule has 11 nitrogen and oxygen atoms in total. The molecule has 0 atom stereocenters. The Morgan fingerprint density at radius 2 is 1.14 bits per heavy atom. The number of unbranched alkanes of at least 4 members (excludes halogenated alkanes) is 4. The molecule has 0 aliphatic carbocycles. The summed E-state index contributed by atoms with van der Waals surface area (Å²) in [5, 5.41) is 10.6. The summed E-state index contributed by atoms with van der Waals surface area (Å²) in [5.41, 5.74) is 0.0260. The molecule has 212 valence electrons. The number of hydrogen-bond donors (Lipinski definition) is 0. The van der Waals surface area contributed by atoms with Crippen LogP contribution in [0.1, 0.15) is 45.4 Å². The van der Waals surface area contributed by atoms with Crippen LogP contribution in [0.5, 0.6) is 5.75 Å². The molecule has 0 spiro atoms. The van der Waals surface area contributed by atoms with Crippen LogP contribution < -0.4 is 4.74 Å². The van der Waals surface area contributed by atoms with Crippen molar-refractivity contribution in [1.82, 2.24) is 0 Å². The zero-order valence-corrected chi connectivity index (χ0v) is 22.1. The van der Waals surface area contributed by atoms with Crippen molar-refractivity contribution in [3.63, 3.8) is 0 Å². The highest BCUT2D eigenvalue weighted by atomic mass is 16.6. The van der Waals surface area contributed by atoms with Gasteiger partial charge in [-0.15, -0.1) is 0 Å². The Bertz CT molecular complexity index is 686. The summed E-state index contributed by atoms with van der Waals surface area (Å²) >= 11 is 0. The minimum atomic E-state index is -0.453. The van der Waals surface area contributed by atoms with Crippen LogP contribution in [0.3, 0.4) is 0 Å². The molecule has 0 bridgehead atoms. The molecule has 0 saturated heterocycles. The Labute approximate surface area is 219 Å². The maximum Gasteiger partial charge on any atom is 0.305 e. The van der Waals surface area contributed by atoms with Gasteiger partial charge in [-0.1, -0.05) is 32.6 Å². The Morgan fingerprint density at radius 1 is 0.676 bits per heavy atom. The van der Waals surface area contributed by atoms with E-state index in [1.54, 1.807) is 12.1 Å². The molecule has 0 fully saturated rings. The van der Waals surface area contributed by atoms with Gasteiger partial charge < -0.3 is 33.2 Å². The van der Waals surface area contributed by atoms with Gasteiger partial charge in [0.1, 0.15) is 19.0 Å². The van der Waals surface area contributed by atoms with Gasteiger partial charge in [0, 0.05) is 18.6 Å². The fourth-order valence-corrected chi connectivity index (χ4v) is 3.02. The number of esters is 1. The van der Waals surface area contributed by atoms with Crippen LogP contribution in [0.4, 0.5) is 5.69 Å². The monoisotopic (exact) mass is 529 g/mol. The maximum atomic E-state index is 11.6. The average Bonchev–Trinajstić information content (AvgIpc) is 2.90. The highest BCUT2D eigenvalue weighted by Gasteiger charge is 2.04. The molecule has 0 aliphatic heterocycles. The molecule has 1 aromatic carbocycles. The first-order valence-electron chi connectivity index (χ1n) is 13.0. The van der Waals surface area contributed by atoms with Crippen LogP contribution in [0.25, 0.3) is 0 Å². The number of ether oxygens (including phenoxy) is 7. The van der Waals surface area contributed by atoms with Gasteiger partial charge >= 0.3 is 5.97 Å². The SMILES string of the molecule is CCCCCCCC(=O)OCCOCCOCCOCCOCCOCCOc1ccc([N+](=O)[O-])cc1. The van der Waals surface area contributed by atoms with Crippen molar-refractivity contribution >= 4 is 11.7 Å². The van der Waals surface area contributed by atoms with E-state index in [9.17, 15) is 14.9 Å². The Balaban J connectivity index is 1.73. The van der Waals surface area contributed by atoms with Gasteiger partial charge in [0.05, 0.1) is 71.0 Å². The van der Waals surface area contributed by atoms with Crippen LogP contribution in [-0.2, 0) is 33.2 Å². The van der Waals surface area contributed by atoms with Crippen LogP contribution in [-0.4, -0.2) is 90.2 Å². The number of nitro groups is 1. The molecule has 1 aromatic rings. The second-order valence-corrected chi connectivity index (χ2v) is 8.05. The summed E-state index contributed by atoms with van der Waals surface area (Å²) in [4.78, 5) is 21.7. The van der Waals surface area contributed by atoms with Crippen LogP contribution in [0.15, 0.2) is 24.3 Å². The van der Waals surface area contributed by atoms with E-state index in [2.05, 4.69) is 6.92 Å². The number of non-ortho nitro benzene ring substituents is 1. The lowest BCUT2D eigenvalue weighted by atomic mass is 10.1. The molecule has 37 heavy (non-hydrogen) atoms. The molecule has 0 N–H and O–H groups in total. The molecule has 0 unspecified atom stereocenters. The first-order valence-corrected chi connectivity index (χ1v) is 13.0. The predicted octanol–water partition coefficient (Wildman–Crippen LogP) is 3.96. The standard InChI is InChI=1S/C26H43NO10/c1-2-3-4-5-6-7-26(28)37-23-21-35-19-17-33-15-13-31-12-14-32-16-18-34-20-22-36-25-10-8-24(9-11-25)27(29)30/h8-11H,2-7,12-23H2,1H3. The van der Waals surface area contributed by atoms with E-state index in [-0.39, 0.29) is 18.3 Å². The van der Waals surface area contributed by atoms with Crippen molar-refractivity contribution in [1.29, 1.82) is 0 Å². The summed E-state index contributed by atoms with van der Waals surface area (Å²) in [7, 11) is 0. The molecule has 0 heterocycles. The van der Waals surface area contributed by atoms with Crippen LogP contribution in [0, 0.1) is 10.1 Å². The smallest absolute Gasteiger partial charge is 0.305 e. The van der Waals surface area contributed by atoms with Gasteiger partial charge in [-0.2, -0.15) is 0 Å². The number of hydrogen-bond acceptors (Lipinski definition) is 10. The number of nitrogens with zero attached hydrogens (tertiary/aromatic N) is 1. The lowest BCUT2D eigenvalue weighted by Crippen LogP contribution is -2.15. The number of nitro benzene ring substituents is 1. The zero-order chi connectivity index (χ0) is 26.8. The topological polar surface area (TPSA) is 125 Å². The van der Waals surface area contributed by atoms with Gasteiger partial charge in [-0.25, -0.2) is 0 Å². The summed E-state index contributed by atoms with van der Waals surface area (Å²) in [6.07, 6.45) is 6.04. The van der Waals surface area contributed by atoms with Gasteiger partial charge in [-0.3, -0.25) is 14.9 Å². The normalized spacial score (nSPS) is 10.9. The van der Waals surface area contributed by atoms with Crippen molar-refractivity contribution in [3.05, 3.63) is 34.4 Å². The molecular weight excluding hydrogens is 486 g/mol. The minimum Gasteiger partial charge on any atom is -0.491 e. The first kappa shape index (κ1) is 32.7. The van der Waals surface area contributed by atoms with Gasteiger partial charge in [0.25, 0.3) is 5.69 Å². The summed E-state index contributed by atoms with van der Waals surface area (Å²) in [6, 6.07) is 5.90. The molecule has 1 rings (SSSR count). The van der Waals surface area contributed by atoms with Crippen molar-refractivity contribution in [3.8, 4) is 5.75 Å². The third-order valence-electron chi connectivity index (χ3n) is 5.01. The van der Waals surface area contributed by atoms with E-state index in [1.165, 1.54) is 31.4 Å². The summed E-state index contributed by atoms with van der Waals surface area (Å²) in [6.45, 7) is 7.19. The Kier molecular flexibility index (Phi) is 21.3. The minimum absolute atomic E-state index is 0.0260. The van der Waals surface area contributed by atoms with E-state index >= 15 is 0 Å². The van der Waals surface area contributed by atoms with Crippen molar-refractivity contribution in [2.75, 3.05) is 79.3 Å². The Morgan fingerprint density at radius 3 is 1.62 bits per heavy atom. The number of carbonyl (C=O) groups is 1. The van der Waals surface area contributed by atoms with Crippen LogP contribution in [0.2, 0.25) is 0 Å². The Hall–Kier alpha value is -2.31. The molecule has 0 aromatic heterocycles. The second kappa shape index (κ2) is 24.1. The molecule has 0 saturated carbocycles. The molecular formula is C26H43NO10. The number of rotatable bonds is 26. The molecule has 0 radical (unpaired) electrons. The number of benzene rings is 1. The third-order valence-corrected chi connectivity index (χ3v) is 5.01. The van der Waals surface area contributed by atoms with Gasteiger partial charge in [0.15, 0.2) is 0 Å². The van der Waals surface area contributed by atoms with Crippen molar-refractivity contribution in [2.24, 2.45) is 0 Å². The summed E-state index contributed by atoms with van der Waals surface area (Å²) in [5.74, 6) is 0.400. The highest BCUT2D eigenvalue weighted by Crippen LogP contribution is 2.17. The summed E-state index contributed by atoms with van der Waals surface area (Å²) < 4.78 is 37.6. The average molecular weight is 530 g/mol. The fraction of sp³-hybridized carbons (Fsp3) is 0.731. The third kappa shape index (κ3) is 20.4. The second-order valence-electron chi connectivity index (χ2n) is 8.05. The van der Waals surface area contributed by atoms with Gasteiger partial charge in [0.2, 0.25) is 0 Å². The largest absolute Gasteiger partial charge is 0.491 e. The molecule has 0 amide bonds. The predicted molar refractivity (Wildman–Crippen MR) is 137 cm³/mol. The number of carbonyl (C=O) groups excluding carboxylic acids is 1. The van der Waals surface area contributed by atoms with E-state index in [4.69, 9.17) is 33.2 Å². The van der Waals surface area contributed by atoms with Crippen molar-refractivity contribution in [2.45, 2.75) is 45.4 Å². The highest BCUT2D eigenvalue weighted by molar-refractivity contribution is 5.69. The first-order chi connectivity index (χ1) is 18.1. The maximum absolute atomic E-state index is 11.6. The van der Waals surface area contributed by atoms with Gasteiger partial charge in [-0.05, 0) is 18.6 Å². The molecule has 11 heteroatoms. The van der Waals surface area contributed by atoms with Crippen molar-refractivity contribution < 1.29 is 42.9 Å². The van der Waals surface area contributed by atoms with E-state index < -0.39 is 4.92 Å². The van der Waals surface area contributed by atoms with E-state index in [0.717, 1.165) is 12.8 Å². The zero-order valence-electron chi connectivity index (χ0n) is 22.1. The van der Waals surface area contributed by atoms with E-state index in [0.29, 0.717) is 84.8 Å².